The van der Waals surface area contributed by atoms with Crippen LogP contribution in [0.1, 0.15) is 39.3 Å². The number of imide groups is 1. The van der Waals surface area contributed by atoms with E-state index in [1.54, 1.807) is 31.2 Å². The molecule has 4 rings (SSSR count). The van der Waals surface area contributed by atoms with Crippen LogP contribution in [0, 0.1) is 18.3 Å². The minimum absolute atomic E-state index is 0.0383. The van der Waals surface area contributed by atoms with E-state index < -0.39 is 33.5 Å². The molecule has 0 bridgehead atoms. The largest absolute Gasteiger partial charge is 0.313 e. The molecule has 2 heterocycles. The number of sulfonamides is 1. The van der Waals surface area contributed by atoms with Gasteiger partial charge in [0.05, 0.1) is 23.9 Å². The molecule has 10 nitrogen and oxygen atoms in total. The normalized spacial score (nSPS) is 13.5. The van der Waals surface area contributed by atoms with Crippen molar-refractivity contribution in [3.05, 3.63) is 76.3 Å². The molecule has 190 valence electrons. The number of benzene rings is 2. The van der Waals surface area contributed by atoms with Crippen LogP contribution in [0.5, 0.6) is 0 Å². The number of hydrogen-bond acceptors (Lipinski definition) is 9. The number of hydrogen-bond donors (Lipinski definition) is 1. The highest BCUT2D eigenvalue weighted by Crippen LogP contribution is 2.33. The number of aryl methyl sites for hydroxylation is 1. The quantitative estimate of drug-likeness (QED) is 0.411. The van der Waals surface area contributed by atoms with Gasteiger partial charge in [-0.3, -0.25) is 19.3 Å². The summed E-state index contributed by atoms with van der Waals surface area (Å²) in [5.74, 6) is -2.32. The Balaban J connectivity index is 1.55. The number of nitrogens with zero attached hydrogens (tertiary/aromatic N) is 4. The Kier molecular flexibility index (Phi) is 7.66. The van der Waals surface area contributed by atoms with Crippen LogP contribution in [0.4, 0.5) is 10.8 Å². The smallest absolute Gasteiger partial charge is 0.284 e. The van der Waals surface area contributed by atoms with E-state index in [0.29, 0.717) is 22.1 Å². The van der Waals surface area contributed by atoms with Crippen molar-refractivity contribution < 1.29 is 22.8 Å². The van der Waals surface area contributed by atoms with Gasteiger partial charge >= 0.3 is 0 Å². The third-order valence-electron chi connectivity index (χ3n) is 5.71. The van der Waals surface area contributed by atoms with Gasteiger partial charge in [-0.05, 0) is 36.8 Å². The van der Waals surface area contributed by atoms with Gasteiger partial charge in [0.15, 0.2) is 5.13 Å². The van der Waals surface area contributed by atoms with E-state index in [2.05, 4.69) is 11.1 Å². The average molecular weight is 538 g/mol. The summed E-state index contributed by atoms with van der Waals surface area (Å²) in [6.07, 6.45) is 0.121. The number of thiazole rings is 1. The van der Waals surface area contributed by atoms with Gasteiger partial charge in [-0.15, -0.1) is 11.3 Å². The molecule has 1 saturated heterocycles. The van der Waals surface area contributed by atoms with Gasteiger partial charge in [-0.25, -0.2) is 18.1 Å². The van der Waals surface area contributed by atoms with Crippen molar-refractivity contribution in [2.75, 3.05) is 17.2 Å². The van der Waals surface area contributed by atoms with Crippen molar-refractivity contribution in [2.45, 2.75) is 26.3 Å². The van der Waals surface area contributed by atoms with Crippen molar-refractivity contribution in [1.29, 1.82) is 5.26 Å². The molecule has 1 aliphatic heterocycles. The maximum absolute atomic E-state index is 12.9. The summed E-state index contributed by atoms with van der Waals surface area (Å²) in [6, 6.07) is 18.6. The fourth-order valence-corrected chi connectivity index (χ4v) is 5.61. The maximum Gasteiger partial charge on any atom is 0.284 e. The molecule has 1 aliphatic rings. The predicted molar refractivity (Wildman–Crippen MR) is 137 cm³/mol. The van der Waals surface area contributed by atoms with Crippen LogP contribution in [0.25, 0.3) is 0 Å². The lowest BCUT2D eigenvalue weighted by Gasteiger charge is -2.22. The summed E-state index contributed by atoms with van der Waals surface area (Å²) in [7, 11) is -4.12. The third-order valence-corrected chi connectivity index (χ3v) is 7.92. The number of nitriles is 1. The van der Waals surface area contributed by atoms with Crippen LogP contribution < -0.4 is 9.62 Å². The van der Waals surface area contributed by atoms with Gasteiger partial charge < -0.3 is 4.90 Å². The average Bonchev–Trinajstić information content (AvgIpc) is 3.43. The first-order chi connectivity index (χ1) is 17.7. The second-order valence-corrected chi connectivity index (χ2v) is 11.3. The van der Waals surface area contributed by atoms with Crippen LogP contribution in [0.2, 0.25) is 0 Å². The molecule has 0 aliphatic carbocycles. The van der Waals surface area contributed by atoms with Gasteiger partial charge in [0.2, 0.25) is 21.8 Å². The number of carbonyl (C=O) groups excluding carboxylic acids is 3. The van der Waals surface area contributed by atoms with Gasteiger partial charge in [-0.2, -0.15) is 5.26 Å². The summed E-state index contributed by atoms with van der Waals surface area (Å²) < 4.78 is 27.0. The minimum atomic E-state index is -4.12. The Labute approximate surface area is 218 Å². The van der Waals surface area contributed by atoms with Gasteiger partial charge in [0, 0.05) is 30.0 Å². The molecule has 0 atom stereocenters. The Hall–Kier alpha value is -4.08. The van der Waals surface area contributed by atoms with Gasteiger partial charge in [-0.1, -0.05) is 30.3 Å². The van der Waals surface area contributed by atoms with Crippen LogP contribution in [-0.4, -0.2) is 48.3 Å². The molecule has 12 heteroatoms. The zero-order valence-corrected chi connectivity index (χ0v) is 21.5. The molecule has 1 aromatic heterocycles. The lowest BCUT2D eigenvalue weighted by molar-refractivity contribution is -0.137. The first kappa shape index (κ1) is 26.0. The monoisotopic (exact) mass is 537 g/mol. The first-order valence-electron chi connectivity index (χ1n) is 11.3. The van der Waals surface area contributed by atoms with Crippen molar-refractivity contribution in [1.82, 2.24) is 14.6 Å². The molecule has 0 saturated carbocycles. The van der Waals surface area contributed by atoms with Crippen molar-refractivity contribution in [2.24, 2.45) is 0 Å². The minimum Gasteiger partial charge on any atom is -0.313 e. The van der Waals surface area contributed by atoms with Crippen LogP contribution >= 0.6 is 11.3 Å². The number of aromatic nitrogens is 1. The molecular formula is C25H23N5O5S2. The number of anilines is 2. The zero-order valence-electron chi connectivity index (χ0n) is 19.9. The van der Waals surface area contributed by atoms with Crippen LogP contribution in [-0.2, 0) is 26.2 Å². The summed E-state index contributed by atoms with van der Waals surface area (Å²) in [6.45, 7) is 1.78. The third kappa shape index (κ3) is 6.19. The van der Waals surface area contributed by atoms with E-state index in [9.17, 15) is 22.8 Å². The molecular weight excluding hydrogens is 514 g/mol. The number of likely N-dealkylation sites (tertiary alicyclic amines) is 1. The summed E-state index contributed by atoms with van der Waals surface area (Å²) in [5.41, 5.74) is 2.19. The fourth-order valence-electron chi connectivity index (χ4n) is 3.78. The standard InChI is InChI=1S/C25H23N5O5S2/c1-17-23(24(33)28-37(34,35)14-13-29-21(31)11-12-22(29)32)27-25(36-17)30(16-19-5-3-2-4-6-19)20-9-7-18(15-26)8-10-20/h2-10H,11-14,16H2,1H3,(H,28,33). The Morgan fingerprint density at radius 1 is 1.11 bits per heavy atom. The SMILES string of the molecule is Cc1sc(N(Cc2ccccc2)c2ccc(C#N)cc2)nc1C(=O)NS(=O)(=O)CCN1C(=O)CCC1=O. The molecule has 1 fully saturated rings. The maximum atomic E-state index is 12.9. The molecule has 0 unspecified atom stereocenters. The van der Waals surface area contributed by atoms with E-state index >= 15 is 0 Å². The number of amides is 3. The summed E-state index contributed by atoms with van der Waals surface area (Å²) >= 11 is 1.23. The molecule has 2 aromatic carbocycles. The van der Waals surface area contributed by atoms with E-state index in [0.717, 1.165) is 16.2 Å². The second-order valence-electron chi connectivity index (χ2n) is 8.32. The van der Waals surface area contributed by atoms with Crippen molar-refractivity contribution in [3.8, 4) is 6.07 Å². The molecule has 0 spiro atoms. The second kappa shape index (κ2) is 10.9. The lowest BCUT2D eigenvalue weighted by Crippen LogP contribution is -2.39. The predicted octanol–water partition coefficient (Wildman–Crippen LogP) is 2.87. The number of rotatable bonds is 9. The highest BCUT2D eigenvalue weighted by Gasteiger charge is 2.31. The molecule has 1 N–H and O–H groups in total. The number of carbonyl (C=O) groups is 3. The Bertz CT molecular complexity index is 1460. The van der Waals surface area contributed by atoms with E-state index in [-0.39, 0.29) is 25.1 Å². The molecule has 0 radical (unpaired) electrons. The highest BCUT2D eigenvalue weighted by atomic mass is 32.2. The van der Waals surface area contributed by atoms with Gasteiger partial charge in [0.1, 0.15) is 5.69 Å². The molecule has 3 amide bonds. The van der Waals surface area contributed by atoms with Crippen LogP contribution in [0.15, 0.2) is 54.6 Å². The Morgan fingerprint density at radius 2 is 1.76 bits per heavy atom. The highest BCUT2D eigenvalue weighted by molar-refractivity contribution is 7.90. The van der Waals surface area contributed by atoms with E-state index in [4.69, 9.17) is 5.26 Å². The zero-order chi connectivity index (χ0) is 26.6. The van der Waals surface area contributed by atoms with E-state index in [1.165, 1.54) is 11.3 Å². The Morgan fingerprint density at radius 3 is 2.38 bits per heavy atom. The fraction of sp³-hybridized carbons (Fsp3) is 0.240. The van der Waals surface area contributed by atoms with Crippen molar-refractivity contribution >= 4 is 49.9 Å². The first-order valence-corrected chi connectivity index (χ1v) is 13.8. The summed E-state index contributed by atoms with van der Waals surface area (Å²) in [5, 5.41) is 9.61. The topological polar surface area (TPSA) is 141 Å². The van der Waals surface area contributed by atoms with Gasteiger partial charge in [0.25, 0.3) is 5.91 Å². The van der Waals surface area contributed by atoms with Crippen molar-refractivity contribution in [3.63, 3.8) is 0 Å². The molecule has 37 heavy (non-hydrogen) atoms. The number of nitrogens with one attached hydrogen (secondary N) is 1. The van der Waals surface area contributed by atoms with Crippen LogP contribution in [0.3, 0.4) is 0 Å². The van der Waals surface area contributed by atoms with E-state index in [1.807, 2.05) is 40.0 Å². The summed E-state index contributed by atoms with van der Waals surface area (Å²) in [4.78, 5) is 44.1. The molecule has 3 aromatic rings. The lowest BCUT2D eigenvalue weighted by atomic mass is 10.2.